The molecule has 3 aliphatic rings. The number of hydrogen-bond acceptors (Lipinski definition) is 4. The molecule has 208 valence electrons. The van der Waals surface area contributed by atoms with E-state index in [1.165, 1.54) is 0 Å². The van der Waals surface area contributed by atoms with Crippen LogP contribution in [0, 0.1) is 12.8 Å². The summed E-state index contributed by atoms with van der Waals surface area (Å²) in [6.07, 6.45) is 3.31. The number of halogens is 2. The number of hydrogen-bond donors (Lipinski definition) is 1. The third-order valence-electron chi connectivity index (χ3n) is 8.64. The largest absolute Gasteiger partial charge is 0.349 e. The third kappa shape index (κ3) is 5.95. The number of carbonyl (C=O) groups is 1. The molecule has 2 aromatic rings. The van der Waals surface area contributed by atoms with E-state index in [4.69, 9.17) is 4.11 Å². The number of alkyl halides is 2. The molecule has 2 bridgehead atoms. The number of fused-ring (bicyclic) bond motifs is 2. The summed E-state index contributed by atoms with van der Waals surface area (Å²) in [4.78, 5) is 15.2. The Morgan fingerprint density at radius 1 is 1.11 bits per heavy atom. The summed E-state index contributed by atoms with van der Waals surface area (Å²) < 4.78 is 72.2. The van der Waals surface area contributed by atoms with Crippen LogP contribution in [0.15, 0.2) is 30.3 Å². The van der Waals surface area contributed by atoms with Crippen LogP contribution >= 0.6 is 0 Å². The number of piperidine rings is 2. The zero-order valence-electron chi connectivity index (χ0n) is 27.4. The van der Waals surface area contributed by atoms with E-state index in [0.29, 0.717) is 18.7 Å². The second kappa shape index (κ2) is 11.4. The van der Waals surface area contributed by atoms with Gasteiger partial charge >= 0.3 is 0 Å². The minimum Gasteiger partial charge on any atom is -0.349 e. The van der Waals surface area contributed by atoms with E-state index < -0.39 is 31.2 Å². The molecule has 1 aliphatic carbocycles. The van der Waals surface area contributed by atoms with Crippen molar-refractivity contribution in [2.75, 3.05) is 6.50 Å². The highest BCUT2D eigenvalue weighted by Crippen LogP contribution is 2.41. The molecule has 0 radical (unpaired) electrons. The zero-order valence-corrected chi connectivity index (χ0v) is 22.4. The number of aromatic nitrogens is 3. The Balaban J connectivity index is 1.37. The Hall–Kier alpha value is -2.35. The van der Waals surface area contributed by atoms with Gasteiger partial charge in [0.2, 0.25) is 11.8 Å². The molecule has 2 unspecified atom stereocenters. The molecule has 8 heteroatoms. The fraction of sp³-hybridized carbons (Fsp3) is 0.700. The lowest BCUT2D eigenvalue weighted by molar-refractivity contribution is -0.130. The molecule has 3 heterocycles. The molecule has 1 saturated carbocycles. The quantitative estimate of drug-likeness (QED) is 0.431. The summed E-state index contributed by atoms with van der Waals surface area (Å²) in [5.41, 5.74) is 0.772. The van der Waals surface area contributed by atoms with Crippen molar-refractivity contribution in [1.29, 1.82) is 0 Å². The van der Waals surface area contributed by atoms with Gasteiger partial charge in [0, 0.05) is 56.2 Å². The van der Waals surface area contributed by atoms with Crippen LogP contribution in [0.2, 0.25) is 0 Å². The van der Waals surface area contributed by atoms with Crippen molar-refractivity contribution in [1.82, 2.24) is 25.0 Å². The van der Waals surface area contributed by atoms with E-state index >= 15 is 0 Å². The van der Waals surface area contributed by atoms with Crippen molar-refractivity contribution in [3.05, 3.63) is 47.5 Å². The van der Waals surface area contributed by atoms with E-state index in [-0.39, 0.29) is 67.9 Å². The van der Waals surface area contributed by atoms with Gasteiger partial charge in [-0.25, -0.2) is 8.78 Å². The predicted molar refractivity (Wildman–Crippen MR) is 144 cm³/mol. The minimum atomic E-state index is -2.73. The molecule has 38 heavy (non-hydrogen) atoms. The first kappa shape index (κ1) is 21.5. The number of carbonyl (C=O) groups excluding carboxylic acids is 1. The first-order valence-electron chi connectivity index (χ1n) is 16.6. The third-order valence-corrected chi connectivity index (χ3v) is 8.64. The van der Waals surface area contributed by atoms with Crippen LogP contribution in [0.5, 0.6) is 0 Å². The fourth-order valence-corrected chi connectivity index (χ4v) is 6.60. The van der Waals surface area contributed by atoms with Gasteiger partial charge in [0.25, 0.3) is 0 Å². The second-order valence-corrected chi connectivity index (χ2v) is 11.6. The zero-order chi connectivity index (χ0) is 31.2. The number of benzene rings is 1. The maximum Gasteiger partial charge on any atom is 0.248 e. The van der Waals surface area contributed by atoms with Crippen molar-refractivity contribution in [2.24, 2.45) is 5.92 Å². The van der Waals surface area contributed by atoms with Gasteiger partial charge in [-0.15, -0.1) is 10.2 Å². The topological polar surface area (TPSA) is 63.1 Å². The molecule has 5 rings (SSSR count). The molecule has 0 spiro atoms. The molecule has 1 amide bonds. The first-order valence-corrected chi connectivity index (χ1v) is 14.1. The fourth-order valence-electron chi connectivity index (χ4n) is 6.60. The highest BCUT2D eigenvalue weighted by molar-refractivity contribution is 5.79. The SMILES string of the molecule is [2H]C([2H])([2H])c1nnc(C(C)C)n1C1CC2CCCC(C1)N2C([2H])([2H])C[C@H](NC(=O)C1CCC(F)(F)CC1)c1ccccc1. The minimum absolute atomic E-state index is 0.00763. The Kier molecular flexibility index (Phi) is 6.44. The molecular weight excluding hydrogens is 484 g/mol. The lowest BCUT2D eigenvalue weighted by Crippen LogP contribution is -2.53. The van der Waals surface area contributed by atoms with Crippen molar-refractivity contribution < 1.29 is 20.4 Å². The van der Waals surface area contributed by atoms with Crippen LogP contribution in [-0.4, -0.2) is 50.1 Å². The molecule has 3 fully saturated rings. The predicted octanol–water partition coefficient (Wildman–Crippen LogP) is 6.34. The van der Waals surface area contributed by atoms with Gasteiger partial charge in [-0.1, -0.05) is 50.6 Å². The standard InChI is InChI=1S/C30H43F2N5O/c1-20(2)28-35-34-21(3)37(28)26-18-24-10-7-11-25(19-26)36(24)17-14-27(22-8-5-4-6-9-22)33-29(38)23-12-15-30(31,32)16-13-23/h4-6,8-9,20,23-27H,7,10-19H2,1-3H3,(H,33,38)/t24?,25?,26?,27-/m0/s1/i3D3,17D2. The lowest BCUT2D eigenvalue weighted by atomic mass is 9.81. The lowest BCUT2D eigenvalue weighted by Gasteiger charge is -2.50. The average molecular weight is 533 g/mol. The maximum atomic E-state index is 13.7. The van der Waals surface area contributed by atoms with Crippen LogP contribution < -0.4 is 5.32 Å². The van der Waals surface area contributed by atoms with Gasteiger partial charge in [0.1, 0.15) is 11.6 Å². The van der Waals surface area contributed by atoms with Crippen LogP contribution in [0.3, 0.4) is 0 Å². The highest BCUT2D eigenvalue weighted by atomic mass is 19.3. The Morgan fingerprint density at radius 3 is 2.42 bits per heavy atom. The number of nitrogens with one attached hydrogen (secondary N) is 1. The molecule has 2 saturated heterocycles. The molecule has 1 N–H and O–H groups in total. The smallest absolute Gasteiger partial charge is 0.248 e. The number of amides is 1. The molecular formula is C30H43F2N5O. The summed E-state index contributed by atoms with van der Waals surface area (Å²) in [5, 5.41) is 11.4. The van der Waals surface area contributed by atoms with Gasteiger partial charge in [0.05, 0.1) is 6.04 Å². The van der Waals surface area contributed by atoms with E-state index in [1.807, 2.05) is 49.1 Å². The summed E-state index contributed by atoms with van der Waals surface area (Å²) in [6, 6.07) is 8.26. The molecule has 3 atom stereocenters. The maximum absolute atomic E-state index is 13.7. The van der Waals surface area contributed by atoms with Gasteiger partial charge in [-0.05, 0) is 57.4 Å². The van der Waals surface area contributed by atoms with Gasteiger partial charge in [-0.3, -0.25) is 9.69 Å². The van der Waals surface area contributed by atoms with E-state index in [1.54, 1.807) is 4.57 Å². The van der Waals surface area contributed by atoms with Crippen molar-refractivity contribution in [3.8, 4) is 0 Å². The van der Waals surface area contributed by atoms with Crippen molar-refractivity contribution >= 4 is 5.91 Å². The summed E-state index contributed by atoms with van der Waals surface area (Å²) in [5.74, 6) is -2.94. The second-order valence-electron chi connectivity index (χ2n) is 11.6. The Morgan fingerprint density at radius 2 is 1.79 bits per heavy atom. The van der Waals surface area contributed by atoms with Crippen LogP contribution in [0.4, 0.5) is 8.78 Å². The molecule has 2 aliphatic heterocycles. The van der Waals surface area contributed by atoms with E-state index in [0.717, 1.165) is 24.8 Å². The van der Waals surface area contributed by atoms with E-state index in [2.05, 4.69) is 15.5 Å². The summed E-state index contributed by atoms with van der Waals surface area (Å²) in [7, 11) is 0. The molecule has 6 nitrogen and oxygen atoms in total. The Bertz CT molecular complexity index is 1250. The average Bonchev–Trinajstić information content (AvgIpc) is 3.39. The highest BCUT2D eigenvalue weighted by Gasteiger charge is 2.41. The van der Waals surface area contributed by atoms with Gasteiger partial charge < -0.3 is 9.88 Å². The first-order chi connectivity index (χ1) is 20.2. The number of rotatable bonds is 8. The Labute approximate surface area is 232 Å². The monoisotopic (exact) mass is 532 g/mol. The molecule has 1 aromatic carbocycles. The number of nitrogens with zero attached hydrogens (tertiary/aromatic N) is 4. The van der Waals surface area contributed by atoms with E-state index in [9.17, 15) is 16.3 Å². The van der Waals surface area contributed by atoms with Crippen LogP contribution in [0.1, 0.15) is 120 Å². The van der Waals surface area contributed by atoms with Crippen LogP contribution in [0.25, 0.3) is 0 Å². The van der Waals surface area contributed by atoms with Gasteiger partial charge in [-0.2, -0.15) is 0 Å². The van der Waals surface area contributed by atoms with Crippen LogP contribution in [-0.2, 0) is 4.79 Å². The van der Waals surface area contributed by atoms with Crippen molar-refractivity contribution in [2.45, 2.75) is 121 Å². The van der Waals surface area contributed by atoms with Crippen molar-refractivity contribution in [3.63, 3.8) is 0 Å². The molecule has 1 aromatic heterocycles. The summed E-state index contributed by atoms with van der Waals surface area (Å²) >= 11 is 0. The van der Waals surface area contributed by atoms with Gasteiger partial charge in [0.15, 0.2) is 0 Å². The summed E-state index contributed by atoms with van der Waals surface area (Å²) in [6.45, 7) is -0.254. The number of aryl methyl sites for hydroxylation is 1. The normalized spacial score (nSPS) is 29.5.